The van der Waals surface area contributed by atoms with Gasteiger partial charge in [-0.25, -0.2) is 14.5 Å². The van der Waals surface area contributed by atoms with Crippen LogP contribution in [0.5, 0.6) is 0 Å². The van der Waals surface area contributed by atoms with Crippen LogP contribution in [0.2, 0.25) is 0 Å². The molecule has 0 spiro atoms. The first-order valence-electron chi connectivity index (χ1n) is 5.98. The number of halogens is 1. The van der Waals surface area contributed by atoms with Crippen LogP contribution in [0.4, 0.5) is 0 Å². The standard InChI is InChI=1S/C13H14BrN3O2/c1-3-4-11-15-12(13(18)19)16-17(11)10-7-8(2)5-6-9(10)14/h5-7H,3-4H2,1-2H3,(H,18,19). The number of aryl methyl sites for hydroxylation is 2. The van der Waals surface area contributed by atoms with Crippen LogP contribution in [-0.4, -0.2) is 25.8 Å². The number of nitrogens with zero attached hydrogens (tertiary/aromatic N) is 3. The van der Waals surface area contributed by atoms with Crippen molar-refractivity contribution < 1.29 is 9.90 Å². The molecule has 0 fully saturated rings. The zero-order valence-corrected chi connectivity index (χ0v) is 12.3. The summed E-state index contributed by atoms with van der Waals surface area (Å²) in [7, 11) is 0. The van der Waals surface area contributed by atoms with E-state index >= 15 is 0 Å². The largest absolute Gasteiger partial charge is 0.475 e. The fourth-order valence-electron chi connectivity index (χ4n) is 1.80. The SMILES string of the molecule is CCCc1nc(C(=O)O)nn1-c1cc(C)ccc1Br. The third kappa shape index (κ3) is 2.84. The van der Waals surface area contributed by atoms with E-state index in [1.54, 1.807) is 4.68 Å². The number of rotatable bonds is 4. The highest BCUT2D eigenvalue weighted by Crippen LogP contribution is 2.23. The molecule has 2 aromatic rings. The Hall–Kier alpha value is -1.69. The predicted octanol–water partition coefficient (Wildman–Crippen LogP) is 2.99. The van der Waals surface area contributed by atoms with Crippen molar-refractivity contribution in [2.24, 2.45) is 0 Å². The van der Waals surface area contributed by atoms with Crippen molar-refractivity contribution in [2.75, 3.05) is 0 Å². The molecule has 0 amide bonds. The molecule has 19 heavy (non-hydrogen) atoms. The minimum absolute atomic E-state index is 0.170. The highest BCUT2D eigenvalue weighted by molar-refractivity contribution is 9.10. The lowest BCUT2D eigenvalue weighted by molar-refractivity contribution is 0.0683. The number of aromatic carboxylic acids is 1. The normalized spacial score (nSPS) is 10.7. The van der Waals surface area contributed by atoms with E-state index in [2.05, 4.69) is 26.0 Å². The van der Waals surface area contributed by atoms with Crippen LogP contribution in [0.15, 0.2) is 22.7 Å². The van der Waals surface area contributed by atoms with E-state index in [0.29, 0.717) is 12.2 Å². The monoisotopic (exact) mass is 323 g/mol. The summed E-state index contributed by atoms with van der Waals surface area (Å²) in [5.41, 5.74) is 1.89. The molecule has 0 saturated carbocycles. The van der Waals surface area contributed by atoms with Crippen molar-refractivity contribution in [1.82, 2.24) is 14.8 Å². The first-order valence-corrected chi connectivity index (χ1v) is 6.78. The first-order chi connectivity index (χ1) is 9.02. The number of carbonyl (C=O) groups is 1. The third-order valence-electron chi connectivity index (χ3n) is 2.67. The molecule has 0 atom stereocenters. The number of benzene rings is 1. The minimum atomic E-state index is -1.11. The topological polar surface area (TPSA) is 68.0 Å². The van der Waals surface area contributed by atoms with Gasteiger partial charge >= 0.3 is 5.97 Å². The van der Waals surface area contributed by atoms with Gasteiger partial charge in [0, 0.05) is 10.9 Å². The second-order valence-corrected chi connectivity index (χ2v) is 5.13. The van der Waals surface area contributed by atoms with E-state index in [4.69, 9.17) is 5.11 Å². The molecule has 0 radical (unpaired) electrons. The molecular formula is C13H14BrN3O2. The molecule has 0 saturated heterocycles. The zero-order valence-electron chi connectivity index (χ0n) is 10.7. The predicted molar refractivity (Wildman–Crippen MR) is 74.8 cm³/mol. The lowest BCUT2D eigenvalue weighted by Crippen LogP contribution is -2.05. The Kier molecular flexibility index (Phi) is 3.99. The van der Waals surface area contributed by atoms with Crippen LogP contribution in [0.1, 0.15) is 35.4 Å². The van der Waals surface area contributed by atoms with Crippen molar-refractivity contribution in [3.63, 3.8) is 0 Å². The summed E-state index contributed by atoms with van der Waals surface area (Å²) in [4.78, 5) is 15.1. The first kappa shape index (κ1) is 13.7. The van der Waals surface area contributed by atoms with Crippen molar-refractivity contribution in [3.8, 4) is 5.69 Å². The molecule has 1 aromatic carbocycles. The zero-order chi connectivity index (χ0) is 14.0. The fraction of sp³-hybridized carbons (Fsp3) is 0.308. The number of aromatic nitrogens is 3. The Morgan fingerprint density at radius 2 is 2.21 bits per heavy atom. The maximum absolute atomic E-state index is 11.0. The lowest BCUT2D eigenvalue weighted by Gasteiger charge is -2.08. The molecule has 0 unspecified atom stereocenters. The quantitative estimate of drug-likeness (QED) is 0.939. The molecule has 0 aliphatic heterocycles. The van der Waals surface area contributed by atoms with Gasteiger partial charge in [0.25, 0.3) is 5.82 Å². The Labute approximate surface area is 119 Å². The number of carboxylic acids is 1. The smallest absolute Gasteiger partial charge is 0.375 e. The molecule has 1 aromatic heterocycles. The van der Waals surface area contributed by atoms with Gasteiger partial charge in [0.05, 0.1) is 5.69 Å². The van der Waals surface area contributed by atoms with Crippen molar-refractivity contribution in [3.05, 3.63) is 39.9 Å². The average Bonchev–Trinajstić information content (AvgIpc) is 2.77. The molecular weight excluding hydrogens is 310 g/mol. The number of hydrogen-bond donors (Lipinski definition) is 1. The molecule has 5 nitrogen and oxygen atoms in total. The summed E-state index contributed by atoms with van der Waals surface area (Å²) < 4.78 is 2.46. The highest BCUT2D eigenvalue weighted by Gasteiger charge is 2.17. The van der Waals surface area contributed by atoms with Crippen molar-refractivity contribution >= 4 is 21.9 Å². The van der Waals surface area contributed by atoms with Gasteiger partial charge in [-0.15, -0.1) is 5.10 Å². The van der Waals surface area contributed by atoms with Gasteiger partial charge in [-0.2, -0.15) is 0 Å². The van der Waals surface area contributed by atoms with Crippen LogP contribution in [0.3, 0.4) is 0 Å². The molecule has 0 bridgehead atoms. The molecule has 2 rings (SSSR count). The molecule has 100 valence electrons. The summed E-state index contributed by atoms with van der Waals surface area (Å²) in [5.74, 6) is -0.622. The number of hydrogen-bond acceptors (Lipinski definition) is 3. The van der Waals surface area contributed by atoms with Gasteiger partial charge in [-0.05, 0) is 47.0 Å². The van der Waals surface area contributed by atoms with Gasteiger partial charge in [0.2, 0.25) is 0 Å². The van der Waals surface area contributed by atoms with Crippen LogP contribution >= 0.6 is 15.9 Å². The highest BCUT2D eigenvalue weighted by atomic mass is 79.9. The Morgan fingerprint density at radius 3 is 2.84 bits per heavy atom. The van der Waals surface area contributed by atoms with Crippen LogP contribution in [0.25, 0.3) is 5.69 Å². The fourth-order valence-corrected chi connectivity index (χ4v) is 2.21. The van der Waals surface area contributed by atoms with E-state index < -0.39 is 5.97 Å². The average molecular weight is 324 g/mol. The van der Waals surface area contributed by atoms with Crippen molar-refractivity contribution in [1.29, 1.82) is 0 Å². The molecule has 1 N–H and O–H groups in total. The van der Waals surface area contributed by atoms with Gasteiger partial charge in [0.1, 0.15) is 5.82 Å². The Balaban J connectivity index is 2.59. The summed E-state index contributed by atoms with van der Waals surface area (Å²) in [6.45, 7) is 4.00. The van der Waals surface area contributed by atoms with E-state index in [1.165, 1.54) is 0 Å². The third-order valence-corrected chi connectivity index (χ3v) is 3.34. The van der Waals surface area contributed by atoms with Crippen LogP contribution in [-0.2, 0) is 6.42 Å². The molecule has 6 heteroatoms. The number of carboxylic acid groups (broad SMARTS) is 1. The summed E-state index contributed by atoms with van der Waals surface area (Å²) >= 11 is 3.46. The second kappa shape index (κ2) is 5.52. The second-order valence-electron chi connectivity index (χ2n) is 4.27. The van der Waals surface area contributed by atoms with E-state index in [1.807, 2.05) is 32.0 Å². The molecule has 1 heterocycles. The van der Waals surface area contributed by atoms with Gasteiger partial charge in [0.15, 0.2) is 0 Å². The maximum atomic E-state index is 11.0. The Bertz CT molecular complexity index is 622. The summed E-state index contributed by atoms with van der Waals surface area (Å²) in [6.07, 6.45) is 1.56. The van der Waals surface area contributed by atoms with E-state index in [-0.39, 0.29) is 5.82 Å². The van der Waals surface area contributed by atoms with Gasteiger partial charge in [-0.1, -0.05) is 13.0 Å². The van der Waals surface area contributed by atoms with Gasteiger partial charge < -0.3 is 5.11 Å². The minimum Gasteiger partial charge on any atom is -0.475 e. The molecule has 0 aliphatic rings. The van der Waals surface area contributed by atoms with Crippen molar-refractivity contribution in [2.45, 2.75) is 26.7 Å². The summed E-state index contributed by atoms with van der Waals surface area (Å²) in [6, 6.07) is 5.84. The van der Waals surface area contributed by atoms with Crippen LogP contribution in [0, 0.1) is 6.92 Å². The molecule has 0 aliphatic carbocycles. The lowest BCUT2D eigenvalue weighted by atomic mass is 10.2. The maximum Gasteiger partial charge on any atom is 0.375 e. The van der Waals surface area contributed by atoms with E-state index in [9.17, 15) is 4.79 Å². The van der Waals surface area contributed by atoms with E-state index in [0.717, 1.165) is 22.1 Å². The van der Waals surface area contributed by atoms with Gasteiger partial charge in [-0.3, -0.25) is 0 Å². The Morgan fingerprint density at radius 1 is 1.47 bits per heavy atom. The van der Waals surface area contributed by atoms with Crippen LogP contribution < -0.4 is 0 Å². The summed E-state index contributed by atoms with van der Waals surface area (Å²) in [5, 5.41) is 13.1.